The van der Waals surface area contributed by atoms with Gasteiger partial charge in [0.1, 0.15) is 11.9 Å². The number of alkyl halides is 2. The van der Waals surface area contributed by atoms with Crippen molar-refractivity contribution in [2.75, 3.05) is 19.0 Å². The van der Waals surface area contributed by atoms with Crippen LogP contribution < -0.4 is 5.73 Å². The molecule has 0 aliphatic carbocycles. The monoisotopic (exact) mass is 329 g/mol. The van der Waals surface area contributed by atoms with Crippen LogP contribution in [0.4, 0.5) is 8.78 Å². The average molecular weight is 329 g/mol. The second kappa shape index (κ2) is 15.9. The normalized spacial score (nSPS) is 12.4. The Morgan fingerprint density at radius 1 is 1.10 bits per heavy atom. The van der Waals surface area contributed by atoms with Crippen molar-refractivity contribution in [1.82, 2.24) is 0 Å². The molecule has 0 amide bonds. The number of unbranched alkanes of at least 4 members (excludes halogenated alkanes) is 6. The lowest BCUT2D eigenvalue weighted by molar-refractivity contribution is 0.324. The molecule has 0 bridgehead atoms. The lowest BCUT2D eigenvalue weighted by Crippen LogP contribution is -2.16. The van der Waals surface area contributed by atoms with Crippen molar-refractivity contribution >= 4 is 10.1 Å². The fourth-order valence-corrected chi connectivity index (χ4v) is 2.28. The first-order chi connectivity index (χ1) is 9.87. The zero-order valence-corrected chi connectivity index (χ0v) is 13.5. The molecule has 1 atom stereocenters. The second-order valence-electron chi connectivity index (χ2n) is 4.82. The van der Waals surface area contributed by atoms with E-state index in [4.69, 9.17) is 10.3 Å². The number of halogens is 2. The fourth-order valence-electron chi connectivity index (χ4n) is 1.66. The molecule has 0 aromatic heterocycles. The predicted molar refractivity (Wildman–Crippen MR) is 83.5 cm³/mol. The highest BCUT2D eigenvalue weighted by molar-refractivity contribution is 7.85. The summed E-state index contributed by atoms with van der Waals surface area (Å²) < 4.78 is 53.9. The molecule has 21 heavy (non-hydrogen) atoms. The zero-order chi connectivity index (χ0) is 16.6. The van der Waals surface area contributed by atoms with Crippen LogP contribution in [0.15, 0.2) is 12.7 Å². The van der Waals surface area contributed by atoms with Crippen molar-refractivity contribution in [3.63, 3.8) is 0 Å². The first-order valence-corrected chi connectivity index (χ1v) is 8.94. The molecule has 3 N–H and O–H groups in total. The molecule has 0 rings (SSSR count). The van der Waals surface area contributed by atoms with E-state index >= 15 is 0 Å². The van der Waals surface area contributed by atoms with Gasteiger partial charge >= 0.3 is 0 Å². The van der Waals surface area contributed by atoms with Crippen LogP contribution >= 0.6 is 0 Å². The van der Waals surface area contributed by atoms with E-state index in [0.717, 1.165) is 32.1 Å². The molecule has 4 nitrogen and oxygen atoms in total. The van der Waals surface area contributed by atoms with Gasteiger partial charge in [0.05, 0.1) is 6.67 Å². The van der Waals surface area contributed by atoms with E-state index in [9.17, 15) is 17.2 Å². The van der Waals surface area contributed by atoms with Gasteiger partial charge in [-0.15, -0.1) is 6.58 Å². The van der Waals surface area contributed by atoms with Gasteiger partial charge in [0, 0.05) is 6.54 Å². The van der Waals surface area contributed by atoms with Crippen LogP contribution in [0.1, 0.15) is 51.4 Å². The van der Waals surface area contributed by atoms with Gasteiger partial charge in [0.15, 0.2) is 0 Å². The van der Waals surface area contributed by atoms with Crippen LogP contribution in [0, 0.1) is 0 Å². The van der Waals surface area contributed by atoms with Crippen molar-refractivity contribution in [2.24, 2.45) is 5.73 Å². The van der Waals surface area contributed by atoms with E-state index in [1.54, 1.807) is 6.08 Å². The molecule has 1 unspecified atom stereocenters. The van der Waals surface area contributed by atoms with Crippen molar-refractivity contribution in [2.45, 2.75) is 57.5 Å². The summed E-state index contributed by atoms with van der Waals surface area (Å²) in [6.45, 7) is 3.67. The molecule has 7 heteroatoms. The first-order valence-electron chi connectivity index (χ1n) is 7.33. The highest BCUT2D eigenvalue weighted by atomic mass is 32.2. The van der Waals surface area contributed by atoms with Gasteiger partial charge in [0.25, 0.3) is 10.1 Å². The quantitative estimate of drug-likeness (QED) is 0.326. The summed E-state index contributed by atoms with van der Waals surface area (Å²) in [5.41, 5.74) is 4.91. The minimum atomic E-state index is -4.19. The summed E-state index contributed by atoms with van der Waals surface area (Å²) >= 11 is 0. The molecule has 0 aliphatic heterocycles. The molecular formula is C14H29F2NO3S. The van der Waals surface area contributed by atoms with Crippen LogP contribution in [0.25, 0.3) is 0 Å². The third kappa shape index (κ3) is 24.8. The molecule has 0 spiro atoms. The molecular weight excluding hydrogens is 300 g/mol. The van der Waals surface area contributed by atoms with Gasteiger partial charge in [-0.1, -0.05) is 44.6 Å². The topological polar surface area (TPSA) is 80.4 Å². The largest absolute Gasteiger partial charge is 0.327 e. The highest BCUT2D eigenvalue weighted by Gasteiger charge is 2.15. The Bertz CT molecular complexity index is 324. The van der Waals surface area contributed by atoms with Crippen molar-refractivity contribution in [3.8, 4) is 0 Å². The van der Waals surface area contributed by atoms with Gasteiger partial charge in [0.2, 0.25) is 0 Å². The smallest absolute Gasteiger partial charge is 0.267 e. The van der Waals surface area contributed by atoms with Crippen molar-refractivity contribution in [1.29, 1.82) is 0 Å². The Hall–Kier alpha value is -0.530. The fraction of sp³-hybridized carbons (Fsp3) is 0.857. The van der Waals surface area contributed by atoms with Gasteiger partial charge in [-0.25, -0.2) is 4.39 Å². The van der Waals surface area contributed by atoms with E-state index in [0.29, 0.717) is 19.4 Å². The minimum absolute atomic E-state index is 0.171. The molecule has 0 aromatic carbocycles. The summed E-state index contributed by atoms with van der Waals surface area (Å²) in [5.74, 6) is -0.802. The number of nitrogens with two attached hydrogens (primary N) is 1. The highest BCUT2D eigenvalue weighted by Crippen LogP contribution is 2.12. The summed E-state index contributed by atoms with van der Waals surface area (Å²) in [6.07, 6.45) is 6.29. The third-order valence-corrected chi connectivity index (χ3v) is 3.49. The average Bonchev–Trinajstić information content (AvgIpc) is 2.40. The van der Waals surface area contributed by atoms with Crippen molar-refractivity contribution < 1.29 is 21.8 Å². The van der Waals surface area contributed by atoms with Gasteiger partial charge in [-0.3, -0.25) is 8.94 Å². The van der Waals surface area contributed by atoms with Crippen LogP contribution in [-0.4, -0.2) is 38.1 Å². The van der Waals surface area contributed by atoms with Crippen molar-refractivity contribution in [3.05, 3.63) is 12.7 Å². The second-order valence-corrected chi connectivity index (χ2v) is 6.32. The lowest BCUT2D eigenvalue weighted by Gasteiger charge is -2.05. The zero-order valence-electron chi connectivity index (χ0n) is 12.6. The molecule has 128 valence electrons. The standard InChI is InChI=1S/C11H22F2O3S.C3H7N/c12-9-7-5-3-1-2-4-6-8-11(13)10-17(14,15)16;1-2-3-4/h11H,1-10H2,(H,14,15,16);2H,1,3-4H2. The Kier molecular flexibility index (Phi) is 17.2. The summed E-state index contributed by atoms with van der Waals surface area (Å²) in [5, 5.41) is 0. The maximum atomic E-state index is 13.0. The molecule has 0 radical (unpaired) electrons. The molecule has 0 fully saturated rings. The van der Waals surface area contributed by atoms with E-state index < -0.39 is 22.0 Å². The summed E-state index contributed by atoms with van der Waals surface area (Å²) in [6, 6.07) is 0. The Labute approximate surface area is 127 Å². The number of rotatable bonds is 12. The van der Waals surface area contributed by atoms with Crippen LogP contribution in [0.3, 0.4) is 0 Å². The van der Waals surface area contributed by atoms with E-state index in [-0.39, 0.29) is 13.1 Å². The molecule has 0 saturated carbocycles. The van der Waals surface area contributed by atoms with Gasteiger partial charge in [-0.05, 0) is 12.8 Å². The van der Waals surface area contributed by atoms with E-state index in [1.807, 2.05) is 0 Å². The third-order valence-electron chi connectivity index (χ3n) is 2.71. The molecule has 0 aliphatic rings. The van der Waals surface area contributed by atoms with Crippen LogP contribution in [0.5, 0.6) is 0 Å². The minimum Gasteiger partial charge on any atom is -0.327 e. The van der Waals surface area contributed by atoms with Gasteiger partial charge in [-0.2, -0.15) is 8.42 Å². The lowest BCUT2D eigenvalue weighted by atomic mass is 10.1. The van der Waals surface area contributed by atoms with Gasteiger partial charge < -0.3 is 5.73 Å². The summed E-state index contributed by atoms with van der Waals surface area (Å²) in [7, 11) is -4.19. The summed E-state index contributed by atoms with van der Waals surface area (Å²) in [4.78, 5) is 0. The van der Waals surface area contributed by atoms with Crippen LogP contribution in [0.2, 0.25) is 0 Å². The molecule has 0 heterocycles. The number of hydrogen-bond acceptors (Lipinski definition) is 3. The maximum absolute atomic E-state index is 13.0. The molecule has 0 saturated heterocycles. The Balaban J connectivity index is 0. The Morgan fingerprint density at radius 3 is 1.90 bits per heavy atom. The predicted octanol–water partition coefficient (Wildman–Crippen LogP) is 3.43. The molecule has 0 aromatic rings. The van der Waals surface area contributed by atoms with E-state index in [2.05, 4.69) is 6.58 Å². The van der Waals surface area contributed by atoms with E-state index in [1.165, 1.54) is 0 Å². The Morgan fingerprint density at radius 2 is 1.52 bits per heavy atom. The first kappa shape index (κ1) is 22.7. The SMILES string of the molecule is C=CCN.O=S(=O)(O)CC(F)CCCCCCCCCF. The van der Waals surface area contributed by atoms with Crippen LogP contribution in [-0.2, 0) is 10.1 Å². The maximum Gasteiger partial charge on any atom is 0.267 e. The number of hydrogen-bond donors (Lipinski definition) is 2.